The fourth-order valence-corrected chi connectivity index (χ4v) is 3.18. The van der Waals surface area contributed by atoms with E-state index < -0.39 is 0 Å². The zero-order valence-electron chi connectivity index (χ0n) is 16.0. The van der Waals surface area contributed by atoms with Gasteiger partial charge in [0, 0.05) is 24.2 Å². The lowest BCUT2D eigenvalue weighted by Crippen LogP contribution is -2.36. The van der Waals surface area contributed by atoms with Crippen LogP contribution < -0.4 is 14.0 Å². The van der Waals surface area contributed by atoms with Crippen molar-refractivity contribution in [1.29, 1.82) is 0 Å². The first-order valence-corrected chi connectivity index (χ1v) is 9.11. The van der Waals surface area contributed by atoms with Crippen molar-refractivity contribution in [2.75, 3.05) is 20.8 Å². The molecule has 1 aromatic heterocycles. The molecule has 0 saturated carbocycles. The van der Waals surface area contributed by atoms with E-state index in [0.29, 0.717) is 6.04 Å². The summed E-state index contributed by atoms with van der Waals surface area (Å²) in [5.74, 6) is 1.61. The van der Waals surface area contributed by atoms with Gasteiger partial charge in [0.05, 0.1) is 25.5 Å². The smallest absolute Gasteiger partial charge is 0.178 e. The molecule has 0 amide bonds. The van der Waals surface area contributed by atoms with Crippen LogP contribution in [0.25, 0.3) is 6.08 Å². The Kier molecular flexibility index (Phi) is 5.71. The maximum absolute atomic E-state index is 5.55. The van der Waals surface area contributed by atoms with Crippen LogP contribution in [0.5, 0.6) is 11.5 Å². The van der Waals surface area contributed by atoms with Gasteiger partial charge in [-0.3, -0.25) is 4.99 Å². The third-order valence-electron chi connectivity index (χ3n) is 4.64. The Morgan fingerprint density at radius 2 is 2.00 bits per heavy atom. The topological polar surface area (TPSA) is 34.7 Å². The van der Waals surface area contributed by atoms with E-state index in [1.807, 2.05) is 18.2 Å². The fraction of sp³-hybridized carbons (Fsp3) is 0.364. The minimum atomic E-state index is 0.424. The molecule has 0 radical (unpaired) electrons. The van der Waals surface area contributed by atoms with Gasteiger partial charge in [-0.1, -0.05) is 0 Å². The molecule has 0 spiro atoms. The molecule has 0 bridgehead atoms. The average Bonchev–Trinajstić information content (AvgIpc) is 2.68. The maximum Gasteiger partial charge on any atom is 0.178 e. The minimum Gasteiger partial charge on any atom is -0.497 e. The van der Waals surface area contributed by atoms with Crippen molar-refractivity contribution in [3.63, 3.8) is 0 Å². The number of pyridine rings is 1. The Balaban J connectivity index is 2.01. The number of ether oxygens (including phenoxy) is 2. The summed E-state index contributed by atoms with van der Waals surface area (Å²) >= 11 is 0. The Morgan fingerprint density at radius 3 is 2.73 bits per heavy atom. The van der Waals surface area contributed by atoms with Crippen LogP contribution in [0.1, 0.15) is 43.9 Å². The summed E-state index contributed by atoms with van der Waals surface area (Å²) in [4.78, 5) is 4.84. The van der Waals surface area contributed by atoms with Crippen LogP contribution >= 0.6 is 0 Å². The molecule has 1 aliphatic heterocycles. The normalized spacial score (nSPS) is 15.9. The van der Waals surface area contributed by atoms with Gasteiger partial charge in [-0.25, -0.2) is 4.57 Å². The second-order valence-corrected chi connectivity index (χ2v) is 6.74. The molecular weight excluding hydrogens is 324 g/mol. The summed E-state index contributed by atoms with van der Waals surface area (Å²) in [7, 11) is 3.35. The number of hydrogen-bond acceptors (Lipinski definition) is 3. The van der Waals surface area contributed by atoms with Gasteiger partial charge in [0.25, 0.3) is 0 Å². The number of hydrogen-bond donors (Lipinski definition) is 0. The first kappa shape index (κ1) is 18.2. The minimum absolute atomic E-state index is 0.424. The first-order valence-electron chi connectivity index (χ1n) is 9.11. The number of aromatic nitrogens is 1. The SMILES string of the molecule is COc1ccc(/C=C2\CCCN=C2c2ccc[n+](C(C)C)c2)c(OC)c1. The number of nitrogens with zero attached hydrogens (tertiary/aromatic N) is 2. The van der Waals surface area contributed by atoms with E-state index in [2.05, 4.69) is 49.0 Å². The summed E-state index contributed by atoms with van der Waals surface area (Å²) in [5.41, 5.74) is 4.55. The molecule has 2 heterocycles. The van der Waals surface area contributed by atoms with Crippen LogP contribution in [0.3, 0.4) is 0 Å². The van der Waals surface area contributed by atoms with Crippen LogP contribution in [0, 0.1) is 0 Å². The van der Waals surface area contributed by atoms with Gasteiger partial charge in [0.15, 0.2) is 18.4 Å². The first-order chi connectivity index (χ1) is 12.6. The predicted molar refractivity (Wildman–Crippen MR) is 105 cm³/mol. The molecule has 4 nitrogen and oxygen atoms in total. The number of rotatable bonds is 5. The van der Waals surface area contributed by atoms with Crippen molar-refractivity contribution in [1.82, 2.24) is 0 Å². The van der Waals surface area contributed by atoms with E-state index in [1.54, 1.807) is 14.2 Å². The second-order valence-electron chi connectivity index (χ2n) is 6.74. The van der Waals surface area contributed by atoms with Crippen molar-refractivity contribution in [2.45, 2.75) is 32.7 Å². The monoisotopic (exact) mass is 351 g/mol. The Labute approximate surface area is 155 Å². The highest BCUT2D eigenvalue weighted by Gasteiger charge is 2.18. The van der Waals surface area contributed by atoms with E-state index in [1.165, 1.54) is 11.1 Å². The Morgan fingerprint density at radius 1 is 1.15 bits per heavy atom. The highest BCUT2D eigenvalue weighted by Crippen LogP contribution is 2.29. The van der Waals surface area contributed by atoms with Gasteiger partial charge in [0.1, 0.15) is 11.5 Å². The summed E-state index contributed by atoms with van der Waals surface area (Å²) in [6, 6.07) is 10.6. The molecule has 3 rings (SSSR count). The zero-order valence-corrected chi connectivity index (χ0v) is 16.0. The van der Waals surface area contributed by atoms with Gasteiger partial charge < -0.3 is 9.47 Å². The predicted octanol–water partition coefficient (Wildman–Crippen LogP) is 4.24. The van der Waals surface area contributed by atoms with E-state index in [9.17, 15) is 0 Å². The van der Waals surface area contributed by atoms with Crippen LogP contribution in [0.2, 0.25) is 0 Å². The van der Waals surface area contributed by atoms with Gasteiger partial charge >= 0.3 is 0 Å². The van der Waals surface area contributed by atoms with E-state index >= 15 is 0 Å². The van der Waals surface area contributed by atoms with E-state index in [-0.39, 0.29) is 0 Å². The van der Waals surface area contributed by atoms with Crippen LogP contribution in [0.15, 0.2) is 53.3 Å². The number of aliphatic imine (C=N–C) groups is 1. The lowest BCUT2D eigenvalue weighted by molar-refractivity contribution is -0.716. The summed E-state index contributed by atoms with van der Waals surface area (Å²) in [6.07, 6.45) is 8.58. The highest BCUT2D eigenvalue weighted by atomic mass is 16.5. The van der Waals surface area contributed by atoms with Gasteiger partial charge in [-0.05, 0) is 56.5 Å². The molecule has 0 atom stereocenters. The summed E-state index contributed by atoms with van der Waals surface area (Å²) in [6.45, 7) is 5.25. The molecular formula is C22H27N2O2+. The molecule has 4 heteroatoms. The van der Waals surface area contributed by atoms with Crippen molar-refractivity contribution in [2.24, 2.45) is 4.99 Å². The molecule has 136 valence electrons. The van der Waals surface area contributed by atoms with Crippen LogP contribution in [-0.2, 0) is 0 Å². The third kappa shape index (κ3) is 3.96. The van der Waals surface area contributed by atoms with E-state index in [0.717, 1.165) is 42.2 Å². The van der Waals surface area contributed by atoms with Gasteiger partial charge in [-0.2, -0.15) is 0 Å². The molecule has 0 N–H and O–H groups in total. The quantitative estimate of drug-likeness (QED) is 0.755. The van der Waals surface area contributed by atoms with Gasteiger partial charge in [-0.15, -0.1) is 0 Å². The molecule has 0 saturated heterocycles. The van der Waals surface area contributed by atoms with Crippen molar-refractivity contribution < 1.29 is 14.0 Å². The van der Waals surface area contributed by atoms with Gasteiger partial charge in [0.2, 0.25) is 0 Å². The van der Waals surface area contributed by atoms with Crippen molar-refractivity contribution in [3.8, 4) is 11.5 Å². The van der Waals surface area contributed by atoms with Crippen LogP contribution in [-0.4, -0.2) is 26.5 Å². The molecule has 2 aromatic rings. The Bertz CT molecular complexity index is 838. The molecule has 1 aliphatic rings. The Hall–Kier alpha value is -2.62. The molecule has 0 aliphatic carbocycles. The molecule has 0 unspecified atom stereocenters. The van der Waals surface area contributed by atoms with Crippen LogP contribution in [0.4, 0.5) is 0 Å². The number of methoxy groups -OCH3 is 2. The van der Waals surface area contributed by atoms with E-state index in [4.69, 9.17) is 14.5 Å². The molecule has 1 aromatic carbocycles. The molecule has 26 heavy (non-hydrogen) atoms. The summed E-state index contributed by atoms with van der Waals surface area (Å²) < 4.78 is 13.1. The number of allylic oxidation sites excluding steroid dienone is 1. The standard InChI is InChI=1S/C22H27N2O2/c1-16(2)24-12-6-8-19(15-24)22-18(7-5-11-23-22)13-17-9-10-20(25-3)14-21(17)26-4/h6,8-10,12-16H,5,7,11H2,1-4H3/q+1/b18-13+. The second kappa shape index (κ2) is 8.17. The number of benzene rings is 1. The van der Waals surface area contributed by atoms with Crippen molar-refractivity contribution >= 4 is 11.8 Å². The largest absolute Gasteiger partial charge is 0.497 e. The molecule has 0 fully saturated rings. The van der Waals surface area contributed by atoms with Crippen molar-refractivity contribution in [3.05, 3.63) is 59.4 Å². The third-order valence-corrected chi connectivity index (χ3v) is 4.64. The fourth-order valence-electron chi connectivity index (χ4n) is 3.18. The maximum atomic E-state index is 5.55. The highest BCUT2D eigenvalue weighted by molar-refractivity contribution is 6.15. The lowest BCUT2D eigenvalue weighted by atomic mass is 9.94. The zero-order chi connectivity index (χ0) is 18.5. The summed E-state index contributed by atoms with van der Waals surface area (Å²) in [5, 5.41) is 0. The lowest BCUT2D eigenvalue weighted by Gasteiger charge is -2.17. The average molecular weight is 351 g/mol.